The van der Waals surface area contributed by atoms with Gasteiger partial charge in [-0.3, -0.25) is 0 Å². The van der Waals surface area contributed by atoms with Crippen molar-refractivity contribution in [2.24, 2.45) is 5.92 Å². The molecule has 18 heavy (non-hydrogen) atoms. The molecule has 0 aromatic carbocycles. The Morgan fingerprint density at radius 2 is 2.44 bits per heavy atom. The Bertz CT molecular complexity index is 343. The minimum atomic E-state index is -0.446. The maximum atomic E-state index is 10.6. The highest BCUT2D eigenvalue weighted by Crippen LogP contribution is 2.38. The zero-order valence-corrected chi connectivity index (χ0v) is 11.4. The van der Waals surface area contributed by atoms with Gasteiger partial charge in [-0.15, -0.1) is 0 Å². The molecule has 1 aliphatic carbocycles. The summed E-state index contributed by atoms with van der Waals surface area (Å²) in [4.78, 5) is 0. The zero-order chi connectivity index (χ0) is 13.0. The lowest BCUT2D eigenvalue weighted by atomic mass is 9.74. The highest BCUT2D eigenvalue weighted by atomic mass is 16.5. The van der Waals surface area contributed by atoms with Gasteiger partial charge in [-0.25, -0.2) is 0 Å². The SMILES string of the molecule is CCOC1(C(O)Cc2ccoc2)CCCC(C)C1. The van der Waals surface area contributed by atoms with Crippen molar-refractivity contribution in [3.63, 3.8) is 0 Å². The van der Waals surface area contributed by atoms with E-state index >= 15 is 0 Å². The molecule has 0 spiro atoms. The standard InChI is InChI=1S/C15H24O3/c1-3-18-15(7-4-5-12(2)10-15)14(16)9-13-6-8-17-11-13/h6,8,11-12,14,16H,3-5,7,9-10H2,1-2H3. The molecule has 0 saturated heterocycles. The van der Waals surface area contributed by atoms with Gasteiger partial charge in [-0.05, 0) is 37.3 Å². The first-order valence-electron chi connectivity index (χ1n) is 6.99. The van der Waals surface area contributed by atoms with Crippen molar-refractivity contribution in [1.82, 2.24) is 0 Å². The summed E-state index contributed by atoms with van der Waals surface area (Å²) in [6.45, 7) is 4.91. The van der Waals surface area contributed by atoms with Crippen LogP contribution in [0.25, 0.3) is 0 Å². The van der Waals surface area contributed by atoms with Crippen LogP contribution in [0.1, 0.15) is 45.1 Å². The summed E-state index contributed by atoms with van der Waals surface area (Å²) in [7, 11) is 0. The Kier molecular flexibility index (Phi) is 4.46. The molecule has 3 nitrogen and oxygen atoms in total. The van der Waals surface area contributed by atoms with E-state index in [0.717, 1.165) is 24.8 Å². The summed E-state index contributed by atoms with van der Waals surface area (Å²) in [5.74, 6) is 0.629. The largest absolute Gasteiger partial charge is 0.472 e. The van der Waals surface area contributed by atoms with E-state index in [2.05, 4.69) is 6.92 Å². The van der Waals surface area contributed by atoms with Crippen molar-refractivity contribution < 1.29 is 14.3 Å². The molecule has 0 amide bonds. The van der Waals surface area contributed by atoms with Crippen molar-refractivity contribution in [2.75, 3.05) is 6.61 Å². The fraction of sp³-hybridized carbons (Fsp3) is 0.733. The van der Waals surface area contributed by atoms with E-state index in [1.54, 1.807) is 12.5 Å². The van der Waals surface area contributed by atoms with Crippen molar-refractivity contribution >= 4 is 0 Å². The monoisotopic (exact) mass is 252 g/mol. The minimum absolute atomic E-state index is 0.357. The van der Waals surface area contributed by atoms with E-state index in [0.29, 0.717) is 18.9 Å². The third-order valence-corrected chi connectivity index (χ3v) is 4.04. The van der Waals surface area contributed by atoms with E-state index in [-0.39, 0.29) is 5.60 Å². The van der Waals surface area contributed by atoms with Crippen LogP contribution >= 0.6 is 0 Å². The molecule has 0 radical (unpaired) electrons. The number of rotatable bonds is 5. The Labute approximate surface area is 109 Å². The molecule has 1 aliphatic rings. The van der Waals surface area contributed by atoms with Gasteiger partial charge in [-0.1, -0.05) is 19.8 Å². The van der Waals surface area contributed by atoms with Gasteiger partial charge < -0.3 is 14.3 Å². The van der Waals surface area contributed by atoms with Crippen LogP contribution < -0.4 is 0 Å². The van der Waals surface area contributed by atoms with Gasteiger partial charge in [-0.2, -0.15) is 0 Å². The predicted molar refractivity (Wildman–Crippen MR) is 70.4 cm³/mol. The Morgan fingerprint density at radius 3 is 3.06 bits per heavy atom. The predicted octanol–water partition coefficient (Wildman–Crippen LogP) is 3.17. The number of aliphatic hydroxyl groups excluding tert-OH is 1. The molecular formula is C15H24O3. The van der Waals surface area contributed by atoms with Crippen molar-refractivity contribution in [1.29, 1.82) is 0 Å². The third-order valence-electron chi connectivity index (χ3n) is 4.04. The number of hydrogen-bond donors (Lipinski definition) is 1. The minimum Gasteiger partial charge on any atom is -0.472 e. The first-order chi connectivity index (χ1) is 8.66. The van der Waals surface area contributed by atoms with Gasteiger partial charge in [0.1, 0.15) is 0 Å². The van der Waals surface area contributed by atoms with Gasteiger partial charge in [0, 0.05) is 13.0 Å². The van der Waals surface area contributed by atoms with Gasteiger partial charge in [0.15, 0.2) is 0 Å². The molecule has 3 heteroatoms. The van der Waals surface area contributed by atoms with Crippen LogP contribution in [-0.4, -0.2) is 23.4 Å². The zero-order valence-electron chi connectivity index (χ0n) is 11.4. The van der Waals surface area contributed by atoms with Gasteiger partial charge in [0.2, 0.25) is 0 Å². The fourth-order valence-electron chi connectivity index (χ4n) is 3.18. The van der Waals surface area contributed by atoms with Crippen LogP contribution in [0.5, 0.6) is 0 Å². The summed E-state index contributed by atoms with van der Waals surface area (Å²) in [5, 5.41) is 10.6. The van der Waals surface area contributed by atoms with Gasteiger partial charge in [0.05, 0.1) is 24.2 Å². The summed E-state index contributed by atoms with van der Waals surface area (Å²) in [6.07, 6.45) is 7.83. The maximum Gasteiger partial charge on any atom is 0.0945 e. The lowest BCUT2D eigenvalue weighted by Crippen LogP contribution is -2.49. The summed E-state index contributed by atoms with van der Waals surface area (Å²) in [6, 6.07) is 1.91. The van der Waals surface area contributed by atoms with E-state index in [9.17, 15) is 5.11 Å². The molecule has 0 bridgehead atoms. The first-order valence-corrected chi connectivity index (χ1v) is 6.99. The number of ether oxygens (including phenoxy) is 1. The van der Waals surface area contributed by atoms with E-state index < -0.39 is 6.10 Å². The molecular weight excluding hydrogens is 228 g/mol. The second-order valence-electron chi connectivity index (χ2n) is 5.55. The Morgan fingerprint density at radius 1 is 1.61 bits per heavy atom. The van der Waals surface area contributed by atoms with Crippen LogP contribution in [0.4, 0.5) is 0 Å². The van der Waals surface area contributed by atoms with Gasteiger partial charge >= 0.3 is 0 Å². The molecule has 102 valence electrons. The maximum absolute atomic E-state index is 10.6. The Hall–Kier alpha value is -0.800. The van der Waals surface area contributed by atoms with E-state index in [1.165, 1.54) is 6.42 Å². The molecule has 1 aromatic heterocycles. The molecule has 1 N–H and O–H groups in total. The fourth-order valence-corrected chi connectivity index (χ4v) is 3.18. The molecule has 1 fully saturated rings. The smallest absolute Gasteiger partial charge is 0.0945 e. The van der Waals surface area contributed by atoms with Crippen LogP contribution in [0.2, 0.25) is 0 Å². The highest BCUT2D eigenvalue weighted by Gasteiger charge is 2.41. The quantitative estimate of drug-likeness (QED) is 0.875. The van der Waals surface area contributed by atoms with Crippen LogP contribution in [-0.2, 0) is 11.2 Å². The van der Waals surface area contributed by atoms with Gasteiger partial charge in [0.25, 0.3) is 0 Å². The van der Waals surface area contributed by atoms with Crippen molar-refractivity contribution in [2.45, 2.75) is 57.7 Å². The molecule has 1 aromatic rings. The number of aliphatic hydroxyl groups is 1. The second-order valence-corrected chi connectivity index (χ2v) is 5.55. The topological polar surface area (TPSA) is 42.6 Å². The molecule has 0 aliphatic heterocycles. The Balaban J connectivity index is 2.08. The molecule has 1 heterocycles. The van der Waals surface area contributed by atoms with Crippen LogP contribution in [0.15, 0.2) is 23.0 Å². The number of hydrogen-bond acceptors (Lipinski definition) is 3. The average molecular weight is 252 g/mol. The summed E-state index contributed by atoms with van der Waals surface area (Å²) < 4.78 is 11.0. The second kappa shape index (κ2) is 5.89. The molecule has 3 unspecified atom stereocenters. The lowest BCUT2D eigenvalue weighted by molar-refractivity contribution is -0.147. The molecule has 2 rings (SSSR count). The van der Waals surface area contributed by atoms with Crippen molar-refractivity contribution in [3.05, 3.63) is 24.2 Å². The summed E-state index contributed by atoms with van der Waals surface area (Å²) >= 11 is 0. The lowest BCUT2D eigenvalue weighted by Gasteiger charge is -2.43. The van der Waals surface area contributed by atoms with Crippen LogP contribution in [0.3, 0.4) is 0 Å². The van der Waals surface area contributed by atoms with E-state index in [4.69, 9.17) is 9.15 Å². The summed E-state index contributed by atoms with van der Waals surface area (Å²) in [5.41, 5.74) is 0.684. The average Bonchev–Trinajstić information content (AvgIpc) is 2.82. The van der Waals surface area contributed by atoms with Crippen LogP contribution in [0, 0.1) is 5.92 Å². The number of furan rings is 1. The molecule has 1 saturated carbocycles. The normalized spacial score (nSPS) is 30.3. The van der Waals surface area contributed by atoms with Crippen molar-refractivity contribution in [3.8, 4) is 0 Å². The molecule has 3 atom stereocenters. The highest BCUT2D eigenvalue weighted by molar-refractivity contribution is 5.09. The van der Waals surface area contributed by atoms with E-state index in [1.807, 2.05) is 13.0 Å². The first kappa shape index (κ1) is 13.6. The third kappa shape index (κ3) is 2.96.